The summed E-state index contributed by atoms with van der Waals surface area (Å²) in [5, 5.41) is 3.14. The molecular formula is C38H50N4O10S. The Morgan fingerprint density at radius 3 is 2.15 bits per heavy atom. The zero-order valence-corrected chi connectivity index (χ0v) is 33.0. The third-order valence-electron chi connectivity index (χ3n) is 8.37. The van der Waals surface area contributed by atoms with E-state index in [2.05, 4.69) is 10.3 Å². The molecule has 0 fully saturated rings. The van der Waals surface area contributed by atoms with Crippen molar-refractivity contribution in [2.75, 3.05) is 28.4 Å². The van der Waals surface area contributed by atoms with E-state index in [0.717, 1.165) is 17.4 Å². The van der Waals surface area contributed by atoms with Gasteiger partial charge in [0.15, 0.2) is 0 Å². The van der Waals surface area contributed by atoms with Gasteiger partial charge in [-0.1, -0.05) is 23.9 Å². The molecule has 0 radical (unpaired) electrons. The van der Waals surface area contributed by atoms with E-state index in [1.54, 1.807) is 72.7 Å². The Kier molecular flexibility index (Phi) is 13.0. The van der Waals surface area contributed by atoms with Crippen molar-refractivity contribution in [3.8, 4) is 17.2 Å². The van der Waals surface area contributed by atoms with Gasteiger partial charge < -0.3 is 43.1 Å². The van der Waals surface area contributed by atoms with Crippen LogP contribution >= 0.6 is 11.8 Å². The average molecular weight is 755 g/mol. The van der Waals surface area contributed by atoms with E-state index in [-0.39, 0.29) is 12.8 Å². The number of rotatable bonds is 12. The lowest BCUT2D eigenvalue weighted by molar-refractivity contribution is -0.143. The first-order valence-corrected chi connectivity index (χ1v) is 17.9. The molecule has 2 heterocycles. The number of nitrogens with one attached hydrogen (secondary N) is 1. The number of benzene rings is 2. The highest BCUT2D eigenvalue weighted by Gasteiger charge is 2.43. The Morgan fingerprint density at radius 2 is 1.60 bits per heavy atom. The Balaban J connectivity index is 1.86. The third-order valence-corrected chi connectivity index (χ3v) is 9.56. The highest BCUT2D eigenvalue weighted by atomic mass is 32.2. The second kappa shape index (κ2) is 16.8. The van der Waals surface area contributed by atoms with Crippen LogP contribution in [-0.2, 0) is 50.1 Å². The largest absolute Gasteiger partial charge is 0.497 e. The Hall–Kier alpha value is -4.92. The van der Waals surface area contributed by atoms with Gasteiger partial charge in [-0.15, -0.1) is 0 Å². The Labute approximate surface area is 314 Å². The number of fused-ring (bicyclic) bond motifs is 1. The van der Waals surface area contributed by atoms with E-state index in [0.29, 0.717) is 44.8 Å². The molecule has 1 aromatic heterocycles. The molecule has 3 aromatic rings. The molecule has 1 aliphatic rings. The zero-order chi connectivity index (χ0) is 39.2. The molecule has 288 valence electrons. The summed E-state index contributed by atoms with van der Waals surface area (Å²) < 4.78 is 35.3. The van der Waals surface area contributed by atoms with Gasteiger partial charge >= 0.3 is 18.2 Å². The van der Waals surface area contributed by atoms with Crippen molar-refractivity contribution in [3.05, 3.63) is 59.0 Å². The van der Waals surface area contributed by atoms with Crippen molar-refractivity contribution < 1.29 is 47.6 Å². The molecule has 0 saturated heterocycles. The van der Waals surface area contributed by atoms with Crippen molar-refractivity contribution in [1.29, 1.82) is 0 Å². The Bertz CT molecular complexity index is 1800. The summed E-state index contributed by atoms with van der Waals surface area (Å²) in [6, 6.07) is 6.55. The number of aryl methyl sites for hydroxylation is 1. The van der Waals surface area contributed by atoms with Gasteiger partial charge in [0.2, 0.25) is 0 Å². The van der Waals surface area contributed by atoms with Crippen LogP contribution in [0.5, 0.6) is 17.2 Å². The number of carbonyl (C=O) groups excluding carboxylic acids is 4. The molecule has 1 N–H and O–H groups in total. The fourth-order valence-corrected chi connectivity index (χ4v) is 7.26. The van der Waals surface area contributed by atoms with Crippen LogP contribution in [0.25, 0.3) is 0 Å². The molecule has 53 heavy (non-hydrogen) atoms. The maximum absolute atomic E-state index is 13.9. The molecular weight excluding hydrogens is 705 g/mol. The second-order valence-electron chi connectivity index (χ2n) is 14.5. The summed E-state index contributed by atoms with van der Waals surface area (Å²) in [4.78, 5) is 59.3. The SMILES string of the molecule is COC(=O)[C@H](Cc1c(Sc2c(OC)cc(OC)c3c2C[C@H](C=O)N(C(=O)OC(C)(C)C)[C@@H]3Cc2ccc(OC)cc2)ncn1C)NC(=O)OC(C)(C)C. The van der Waals surface area contributed by atoms with Crippen molar-refractivity contribution in [2.45, 2.75) is 100 Å². The molecule has 0 spiro atoms. The molecule has 0 bridgehead atoms. The highest BCUT2D eigenvalue weighted by molar-refractivity contribution is 7.99. The molecule has 2 amide bonds. The summed E-state index contributed by atoms with van der Waals surface area (Å²) in [6.07, 6.45) is 1.42. The van der Waals surface area contributed by atoms with E-state index in [1.807, 2.05) is 24.3 Å². The van der Waals surface area contributed by atoms with Crippen molar-refractivity contribution >= 4 is 36.2 Å². The van der Waals surface area contributed by atoms with Gasteiger partial charge in [-0.2, -0.15) is 0 Å². The predicted molar refractivity (Wildman–Crippen MR) is 197 cm³/mol. The minimum Gasteiger partial charge on any atom is -0.497 e. The normalized spacial score (nSPS) is 16.2. The third kappa shape index (κ3) is 9.95. The topological polar surface area (TPSA) is 157 Å². The van der Waals surface area contributed by atoms with Crippen molar-refractivity contribution in [3.63, 3.8) is 0 Å². The number of amides is 2. The molecule has 2 aromatic carbocycles. The van der Waals surface area contributed by atoms with Gasteiger partial charge in [0, 0.05) is 31.5 Å². The van der Waals surface area contributed by atoms with Crippen LogP contribution in [0.1, 0.15) is 70.0 Å². The number of aromatic nitrogens is 2. The second-order valence-corrected chi connectivity index (χ2v) is 15.5. The number of hydrogen-bond donors (Lipinski definition) is 1. The Morgan fingerprint density at radius 1 is 0.962 bits per heavy atom. The summed E-state index contributed by atoms with van der Waals surface area (Å²) in [5.74, 6) is 0.934. The number of esters is 1. The fraction of sp³-hybridized carbons (Fsp3) is 0.500. The summed E-state index contributed by atoms with van der Waals surface area (Å²) in [5.41, 5.74) is 1.30. The quantitative estimate of drug-likeness (QED) is 0.134. The van der Waals surface area contributed by atoms with Crippen LogP contribution < -0.4 is 19.5 Å². The standard InChI is InChI=1S/C38H50N4O10S/c1-37(2,3)51-35(45)40-26(34(44)50-11)18-28-33(39-21-41(28)7)53-32-25-17-23(20-43)42(36(46)52-38(4,5)6)27(16-22-12-14-24(47-8)15-13-22)31(25)29(48-9)19-30(32)49-10/h12-15,19-21,23,26-27H,16-18H2,1-11H3,(H,40,45)/t23-,26+,27-/m1/s1. The molecule has 15 heteroatoms. The van der Waals surface area contributed by atoms with Crippen LogP contribution in [-0.4, -0.2) is 90.6 Å². The van der Waals surface area contributed by atoms with Gasteiger partial charge in [-0.05, 0) is 71.2 Å². The number of carbonyl (C=O) groups is 4. The number of imidazole rings is 1. The molecule has 0 saturated carbocycles. The molecule has 1 aliphatic heterocycles. The van der Waals surface area contributed by atoms with Crippen LogP contribution in [0, 0.1) is 0 Å². The number of aldehydes is 1. The minimum absolute atomic E-state index is 0.0227. The van der Waals surface area contributed by atoms with Gasteiger partial charge in [0.05, 0.1) is 57.4 Å². The number of methoxy groups -OCH3 is 4. The number of alkyl carbamates (subject to hydrolysis) is 1. The van der Waals surface area contributed by atoms with Crippen LogP contribution in [0.3, 0.4) is 0 Å². The monoisotopic (exact) mass is 754 g/mol. The highest BCUT2D eigenvalue weighted by Crippen LogP contribution is 2.50. The van der Waals surface area contributed by atoms with Crippen LogP contribution in [0.2, 0.25) is 0 Å². The predicted octanol–water partition coefficient (Wildman–Crippen LogP) is 5.85. The summed E-state index contributed by atoms with van der Waals surface area (Å²) >= 11 is 1.28. The van der Waals surface area contributed by atoms with E-state index in [9.17, 15) is 19.2 Å². The first-order chi connectivity index (χ1) is 24.9. The fourth-order valence-electron chi connectivity index (χ4n) is 6.06. The number of ether oxygens (including phenoxy) is 6. The zero-order valence-electron chi connectivity index (χ0n) is 32.2. The van der Waals surface area contributed by atoms with Gasteiger partial charge in [0.1, 0.15) is 45.8 Å². The van der Waals surface area contributed by atoms with Gasteiger partial charge in [0.25, 0.3) is 0 Å². The van der Waals surface area contributed by atoms with E-state index < -0.39 is 47.5 Å². The van der Waals surface area contributed by atoms with Crippen LogP contribution in [0.15, 0.2) is 46.6 Å². The molecule has 14 nitrogen and oxygen atoms in total. The van der Waals surface area contributed by atoms with E-state index in [4.69, 9.17) is 28.4 Å². The lowest BCUT2D eigenvalue weighted by Gasteiger charge is -2.43. The van der Waals surface area contributed by atoms with E-state index in [1.165, 1.54) is 38.0 Å². The smallest absolute Gasteiger partial charge is 0.411 e. The first-order valence-electron chi connectivity index (χ1n) is 17.1. The van der Waals surface area contributed by atoms with Crippen molar-refractivity contribution in [2.24, 2.45) is 7.05 Å². The number of nitrogens with zero attached hydrogens (tertiary/aromatic N) is 3. The van der Waals surface area contributed by atoms with Crippen molar-refractivity contribution in [1.82, 2.24) is 19.8 Å². The minimum atomic E-state index is -1.09. The molecule has 0 aliphatic carbocycles. The summed E-state index contributed by atoms with van der Waals surface area (Å²) in [6.45, 7) is 10.5. The van der Waals surface area contributed by atoms with Crippen LogP contribution in [0.4, 0.5) is 9.59 Å². The lowest BCUT2D eigenvalue weighted by atomic mass is 9.84. The number of hydrogen-bond acceptors (Lipinski definition) is 12. The molecule has 3 atom stereocenters. The maximum Gasteiger partial charge on any atom is 0.411 e. The summed E-state index contributed by atoms with van der Waals surface area (Å²) in [7, 11) is 7.68. The molecule has 0 unspecified atom stereocenters. The first kappa shape index (κ1) is 40.8. The lowest BCUT2D eigenvalue weighted by Crippen LogP contribution is -2.50. The maximum atomic E-state index is 13.9. The van der Waals surface area contributed by atoms with Gasteiger partial charge in [-0.3, -0.25) is 4.90 Å². The van der Waals surface area contributed by atoms with E-state index >= 15 is 0 Å². The van der Waals surface area contributed by atoms with Gasteiger partial charge in [-0.25, -0.2) is 19.4 Å². The molecule has 4 rings (SSSR count). The average Bonchev–Trinajstić information content (AvgIpc) is 3.43.